The number of ether oxygens (including phenoxy) is 1. The molecule has 1 heterocycles. The maximum atomic E-state index is 5.54. The molecule has 0 bridgehead atoms. The van der Waals surface area contributed by atoms with E-state index in [9.17, 15) is 0 Å². The highest BCUT2D eigenvalue weighted by molar-refractivity contribution is 5.81. The molecular formula is C17H15N3O. The van der Waals surface area contributed by atoms with Gasteiger partial charge in [-0.25, -0.2) is 0 Å². The van der Waals surface area contributed by atoms with Gasteiger partial charge in [0.1, 0.15) is 12.4 Å². The molecule has 21 heavy (non-hydrogen) atoms. The average molecular weight is 277 g/mol. The van der Waals surface area contributed by atoms with E-state index < -0.39 is 0 Å². The van der Waals surface area contributed by atoms with E-state index >= 15 is 0 Å². The lowest BCUT2D eigenvalue weighted by Crippen LogP contribution is -2.03. The summed E-state index contributed by atoms with van der Waals surface area (Å²) in [6, 6.07) is 14.0. The van der Waals surface area contributed by atoms with Crippen molar-refractivity contribution in [3.63, 3.8) is 0 Å². The van der Waals surface area contributed by atoms with Crippen LogP contribution < -0.4 is 10.1 Å². The Labute approximate surface area is 123 Å². The third kappa shape index (κ3) is 2.98. The molecule has 0 radical (unpaired) electrons. The summed E-state index contributed by atoms with van der Waals surface area (Å²) in [5.41, 5.74) is 3.10. The van der Waals surface area contributed by atoms with Gasteiger partial charge in [-0.2, -0.15) is 5.10 Å². The molecule has 0 saturated carbocycles. The second-order valence-corrected chi connectivity index (χ2v) is 4.63. The summed E-state index contributed by atoms with van der Waals surface area (Å²) < 4.78 is 5.54. The number of rotatable bonds is 5. The maximum absolute atomic E-state index is 5.54. The van der Waals surface area contributed by atoms with Crippen LogP contribution in [-0.4, -0.2) is 16.8 Å². The summed E-state index contributed by atoms with van der Waals surface area (Å²) in [6.07, 6.45) is 7.04. The fourth-order valence-corrected chi connectivity index (χ4v) is 2.15. The number of fused-ring (bicyclic) bond motifs is 1. The lowest BCUT2D eigenvalue weighted by Gasteiger charge is -2.11. The predicted molar refractivity (Wildman–Crippen MR) is 84.2 cm³/mol. The Bertz CT molecular complexity index is 786. The predicted octanol–water partition coefficient (Wildman–Crippen LogP) is 3.19. The van der Waals surface area contributed by atoms with Crippen LogP contribution in [0.1, 0.15) is 5.56 Å². The van der Waals surface area contributed by atoms with E-state index in [1.165, 1.54) is 0 Å². The van der Waals surface area contributed by atoms with Crippen molar-refractivity contribution in [2.45, 2.75) is 6.54 Å². The number of hydrogen-bond acceptors (Lipinski definition) is 3. The van der Waals surface area contributed by atoms with Crippen molar-refractivity contribution in [3.8, 4) is 18.1 Å². The third-order valence-corrected chi connectivity index (χ3v) is 3.21. The Hall–Kier alpha value is -2.93. The van der Waals surface area contributed by atoms with E-state index in [-0.39, 0.29) is 6.61 Å². The summed E-state index contributed by atoms with van der Waals surface area (Å²) in [5.74, 6) is 3.29. The van der Waals surface area contributed by atoms with E-state index in [0.29, 0.717) is 6.54 Å². The molecular weight excluding hydrogens is 262 g/mol. The van der Waals surface area contributed by atoms with Crippen LogP contribution in [0.2, 0.25) is 0 Å². The smallest absolute Gasteiger partial charge is 0.148 e. The number of aromatic amines is 1. The minimum absolute atomic E-state index is 0.275. The number of nitrogens with zero attached hydrogens (tertiary/aromatic N) is 1. The van der Waals surface area contributed by atoms with Gasteiger partial charge in [0, 0.05) is 23.2 Å². The zero-order chi connectivity index (χ0) is 14.5. The number of H-pyrrole nitrogens is 1. The molecule has 0 unspecified atom stereocenters. The molecule has 0 saturated heterocycles. The highest BCUT2D eigenvalue weighted by Gasteiger charge is 2.03. The van der Waals surface area contributed by atoms with Gasteiger partial charge in [-0.15, -0.1) is 6.42 Å². The maximum Gasteiger partial charge on any atom is 0.148 e. The zero-order valence-corrected chi connectivity index (χ0v) is 11.5. The molecule has 3 aromatic rings. The van der Waals surface area contributed by atoms with Gasteiger partial charge in [-0.3, -0.25) is 5.10 Å². The van der Waals surface area contributed by atoms with Crippen molar-refractivity contribution in [1.82, 2.24) is 10.2 Å². The van der Waals surface area contributed by atoms with Crippen molar-refractivity contribution in [1.29, 1.82) is 0 Å². The lowest BCUT2D eigenvalue weighted by atomic mass is 10.2. The molecule has 2 N–H and O–H groups in total. The van der Waals surface area contributed by atoms with Gasteiger partial charge in [0.05, 0.1) is 11.7 Å². The Morgan fingerprint density at radius 3 is 3.05 bits per heavy atom. The van der Waals surface area contributed by atoms with Crippen LogP contribution in [0.3, 0.4) is 0 Å². The van der Waals surface area contributed by atoms with Gasteiger partial charge in [0.2, 0.25) is 0 Å². The van der Waals surface area contributed by atoms with Crippen LogP contribution in [0, 0.1) is 12.3 Å². The molecule has 0 aliphatic carbocycles. The molecule has 0 amide bonds. The fourth-order valence-electron chi connectivity index (χ4n) is 2.15. The van der Waals surface area contributed by atoms with Crippen LogP contribution in [0.4, 0.5) is 5.69 Å². The summed E-state index contributed by atoms with van der Waals surface area (Å²) in [5, 5.41) is 11.5. The molecule has 4 heteroatoms. The van der Waals surface area contributed by atoms with Crippen molar-refractivity contribution in [2.24, 2.45) is 0 Å². The fraction of sp³-hybridized carbons (Fsp3) is 0.118. The van der Waals surface area contributed by atoms with Crippen LogP contribution in [0.15, 0.2) is 48.7 Å². The van der Waals surface area contributed by atoms with Crippen LogP contribution >= 0.6 is 0 Å². The first-order chi connectivity index (χ1) is 10.4. The largest absolute Gasteiger partial charge is 0.481 e. The normalized spacial score (nSPS) is 10.2. The van der Waals surface area contributed by atoms with Gasteiger partial charge >= 0.3 is 0 Å². The minimum atomic E-state index is 0.275. The van der Waals surface area contributed by atoms with Gasteiger partial charge < -0.3 is 10.1 Å². The number of terminal acetylenes is 1. The molecule has 0 aliphatic rings. The number of hydrogen-bond donors (Lipinski definition) is 2. The van der Waals surface area contributed by atoms with Gasteiger partial charge in [0.25, 0.3) is 0 Å². The van der Waals surface area contributed by atoms with Gasteiger partial charge in [-0.05, 0) is 24.3 Å². The first-order valence-electron chi connectivity index (χ1n) is 6.68. The first kappa shape index (κ1) is 13.1. The monoisotopic (exact) mass is 277 g/mol. The van der Waals surface area contributed by atoms with Crippen LogP contribution in [0.5, 0.6) is 5.75 Å². The van der Waals surface area contributed by atoms with E-state index in [4.69, 9.17) is 11.2 Å². The van der Waals surface area contributed by atoms with Crippen molar-refractivity contribution in [2.75, 3.05) is 11.9 Å². The topological polar surface area (TPSA) is 49.9 Å². The number of aromatic nitrogens is 2. The van der Waals surface area contributed by atoms with E-state index in [1.807, 2.05) is 48.7 Å². The molecule has 0 atom stereocenters. The summed E-state index contributed by atoms with van der Waals surface area (Å²) in [7, 11) is 0. The summed E-state index contributed by atoms with van der Waals surface area (Å²) in [6.45, 7) is 0.942. The Morgan fingerprint density at radius 2 is 2.14 bits per heavy atom. The molecule has 104 valence electrons. The number of benzene rings is 2. The highest BCUT2D eigenvalue weighted by Crippen LogP contribution is 2.21. The SMILES string of the molecule is C#CCOc1ccccc1CNc1ccc2cn[nH]c2c1. The molecule has 2 aromatic carbocycles. The van der Waals surface area contributed by atoms with E-state index in [0.717, 1.165) is 27.9 Å². The molecule has 1 aromatic heterocycles. The average Bonchev–Trinajstić information content (AvgIpc) is 2.99. The second-order valence-electron chi connectivity index (χ2n) is 4.63. The summed E-state index contributed by atoms with van der Waals surface area (Å²) >= 11 is 0. The van der Waals surface area contributed by atoms with Crippen molar-refractivity contribution in [3.05, 3.63) is 54.2 Å². The summed E-state index contributed by atoms with van der Waals surface area (Å²) in [4.78, 5) is 0. The van der Waals surface area contributed by atoms with Crippen LogP contribution in [-0.2, 0) is 6.54 Å². The third-order valence-electron chi connectivity index (χ3n) is 3.21. The molecule has 0 aliphatic heterocycles. The lowest BCUT2D eigenvalue weighted by molar-refractivity contribution is 0.366. The Kier molecular flexibility index (Phi) is 3.74. The second kappa shape index (κ2) is 6.02. The molecule has 0 spiro atoms. The zero-order valence-electron chi connectivity index (χ0n) is 11.5. The van der Waals surface area contributed by atoms with E-state index in [1.54, 1.807) is 0 Å². The standard InChI is InChI=1S/C17H15N3O/c1-2-9-21-17-6-4-3-5-14(17)11-18-15-8-7-13-12-19-20-16(13)10-15/h1,3-8,10,12,18H,9,11H2,(H,19,20). The number of para-hydroxylation sites is 1. The Balaban J connectivity index is 1.73. The molecule has 0 fully saturated rings. The molecule has 3 rings (SSSR count). The molecule has 4 nitrogen and oxygen atoms in total. The van der Waals surface area contributed by atoms with Gasteiger partial charge in [0.15, 0.2) is 0 Å². The highest BCUT2D eigenvalue weighted by atomic mass is 16.5. The van der Waals surface area contributed by atoms with Crippen molar-refractivity contribution < 1.29 is 4.74 Å². The quantitative estimate of drug-likeness (QED) is 0.704. The number of nitrogens with one attached hydrogen (secondary N) is 2. The van der Waals surface area contributed by atoms with Crippen molar-refractivity contribution >= 4 is 16.6 Å². The number of anilines is 1. The minimum Gasteiger partial charge on any atom is -0.481 e. The van der Waals surface area contributed by atoms with Crippen LogP contribution in [0.25, 0.3) is 10.9 Å². The van der Waals surface area contributed by atoms with E-state index in [2.05, 4.69) is 21.4 Å². The Morgan fingerprint density at radius 1 is 1.24 bits per heavy atom. The van der Waals surface area contributed by atoms with Gasteiger partial charge in [-0.1, -0.05) is 24.1 Å². The first-order valence-corrected chi connectivity index (χ1v) is 6.68.